The molecule has 10 atom stereocenters. The van der Waals surface area contributed by atoms with E-state index in [-0.39, 0.29) is 22.9 Å². The number of hydrogen-bond acceptors (Lipinski definition) is 3. The lowest BCUT2D eigenvalue weighted by molar-refractivity contribution is -0.250. The molecule has 5 aliphatic rings. The highest BCUT2D eigenvalue weighted by Crippen LogP contribution is 2.77. The van der Waals surface area contributed by atoms with Crippen molar-refractivity contribution in [2.75, 3.05) is 6.61 Å². The van der Waals surface area contributed by atoms with Crippen LogP contribution in [0.1, 0.15) is 215 Å². The first-order valence-electron chi connectivity index (χ1n) is 22.8. The van der Waals surface area contributed by atoms with Gasteiger partial charge in [0.25, 0.3) is 0 Å². The Kier molecular flexibility index (Phi) is 14.0. The number of unbranched alkanes of at least 4 members (excludes halogenated alkanes) is 14. The molecule has 0 spiro atoms. The molecule has 0 aromatic heterocycles. The SMILES string of the molecule is C=C(C)[C@@H]1CC[C@]2(COC(=O)CCCCCCCCCCCCCCCCC)CC[C@]3(C)[C@H](CC[C@@H]4[C@@]5(C)CC[C@H](O)C(C)(C)[C@@H]5CC[C@]43C)[C@@H]12. The molecule has 0 saturated heterocycles. The molecule has 3 heteroatoms. The fraction of sp³-hybridized carbons (Fsp3) is 0.938. The summed E-state index contributed by atoms with van der Waals surface area (Å²) in [5.41, 5.74) is 2.41. The maximum atomic E-state index is 13.2. The fourth-order valence-electron chi connectivity index (χ4n) is 14.5. The molecule has 294 valence electrons. The van der Waals surface area contributed by atoms with Gasteiger partial charge in [-0.25, -0.2) is 0 Å². The van der Waals surface area contributed by atoms with E-state index >= 15 is 0 Å². The molecule has 3 nitrogen and oxygen atoms in total. The number of carbonyl (C=O) groups excluding carboxylic acids is 1. The highest BCUT2D eigenvalue weighted by atomic mass is 16.5. The van der Waals surface area contributed by atoms with Gasteiger partial charge in [-0.3, -0.25) is 4.79 Å². The molecule has 51 heavy (non-hydrogen) atoms. The molecule has 0 aliphatic heterocycles. The molecule has 5 saturated carbocycles. The van der Waals surface area contributed by atoms with Crippen LogP contribution in [0.4, 0.5) is 0 Å². The molecule has 0 aromatic carbocycles. The number of aliphatic hydroxyl groups is 1. The summed E-state index contributed by atoms with van der Waals surface area (Å²) in [4.78, 5) is 13.2. The van der Waals surface area contributed by atoms with Crippen LogP contribution in [0.15, 0.2) is 12.2 Å². The molecule has 5 fully saturated rings. The second-order valence-corrected chi connectivity index (χ2v) is 20.8. The van der Waals surface area contributed by atoms with Gasteiger partial charge in [-0.05, 0) is 129 Å². The van der Waals surface area contributed by atoms with E-state index in [1.165, 1.54) is 147 Å². The normalized spacial score (nSPS) is 39.8. The fourth-order valence-corrected chi connectivity index (χ4v) is 14.5. The van der Waals surface area contributed by atoms with E-state index in [1.54, 1.807) is 0 Å². The zero-order valence-corrected chi connectivity index (χ0v) is 35.0. The van der Waals surface area contributed by atoms with Gasteiger partial charge < -0.3 is 9.84 Å². The molecule has 0 heterocycles. The molecule has 0 radical (unpaired) electrons. The van der Waals surface area contributed by atoms with Crippen molar-refractivity contribution >= 4 is 5.97 Å². The van der Waals surface area contributed by atoms with Gasteiger partial charge in [-0.2, -0.15) is 0 Å². The number of ether oxygens (including phenoxy) is 1. The van der Waals surface area contributed by atoms with Gasteiger partial charge in [-0.1, -0.05) is 144 Å². The largest absolute Gasteiger partial charge is 0.465 e. The Morgan fingerprint density at radius 1 is 0.667 bits per heavy atom. The number of carbonyl (C=O) groups is 1. The topological polar surface area (TPSA) is 46.5 Å². The zero-order valence-electron chi connectivity index (χ0n) is 35.0. The van der Waals surface area contributed by atoms with Crippen molar-refractivity contribution in [3.63, 3.8) is 0 Å². The van der Waals surface area contributed by atoms with Crippen LogP contribution >= 0.6 is 0 Å². The monoisotopic (exact) mass is 709 g/mol. The summed E-state index contributed by atoms with van der Waals surface area (Å²) >= 11 is 0. The number of aliphatic hydroxyl groups excluding tert-OH is 1. The standard InChI is InChI=1S/C48H84O3/c1-9-10-11-12-13-14-15-16-17-18-19-20-21-22-23-24-42(50)51-35-48-32-27-37(36(2)3)43(48)38-25-26-40-45(6)30-29-41(49)44(4,5)39(45)28-31-47(40,8)46(38,7)33-34-48/h37-41,43,49H,2,9-35H2,1,3-8H3/t37-,38+,39-,40+,41-,43+,45-,46+,47+,48+/m0/s1. The Labute approximate surface area is 316 Å². The highest BCUT2D eigenvalue weighted by Gasteiger charge is 2.71. The lowest BCUT2D eigenvalue weighted by atomic mass is 9.32. The highest BCUT2D eigenvalue weighted by molar-refractivity contribution is 5.69. The first-order chi connectivity index (χ1) is 24.3. The van der Waals surface area contributed by atoms with E-state index in [2.05, 4.69) is 55.0 Å². The van der Waals surface area contributed by atoms with Gasteiger partial charge in [0.05, 0.1) is 12.7 Å². The summed E-state index contributed by atoms with van der Waals surface area (Å²) in [5, 5.41) is 11.1. The summed E-state index contributed by atoms with van der Waals surface area (Å²) in [6, 6.07) is 0. The summed E-state index contributed by atoms with van der Waals surface area (Å²) in [6.45, 7) is 22.6. The van der Waals surface area contributed by atoms with Crippen molar-refractivity contribution in [1.82, 2.24) is 0 Å². The summed E-state index contributed by atoms with van der Waals surface area (Å²) in [7, 11) is 0. The van der Waals surface area contributed by atoms with E-state index in [1.807, 2.05) is 0 Å². The van der Waals surface area contributed by atoms with Crippen LogP contribution in [0.5, 0.6) is 0 Å². The van der Waals surface area contributed by atoms with Crippen LogP contribution in [0, 0.1) is 56.7 Å². The van der Waals surface area contributed by atoms with Crippen LogP contribution in [0.2, 0.25) is 0 Å². The predicted octanol–water partition coefficient (Wildman–Crippen LogP) is 13.8. The minimum absolute atomic E-state index is 0.000593. The number of esters is 1. The molecule has 0 unspecified atom stereocenters. The predicted molar refractivity (Wildman–Crippen MR) is 215 cm³/mol. The third-order valence-corrected chi connectivity index (χ3v) is 17.7. The first kappa shape index (κ1) is 41.3. The Balaban J connectivity index is 1.10. The Bertz CT molecular complexity index is 1140. The van der Waals surface area contributed by atoms with Gasteiger partial charge in [0, 0.05) is 11.8 Å². The van der Waals surface area contributed by atoms with E-state index in [4.69, 9.17) is 4.74 Å². The number of hydrogen-bond donors (Lipinski definition) is 1. The Morgan fingerprint density at radius 2 is 1.25 bits per heavy atom. The van der Waals surface area contributed by atoms with Crippen molar-refractivity contribution in [2.45, 2.75) is 222 Å². The van der Waals surface area contributed by atoms with E-state index < -0.39 is 0 Å². The van der Waals surface area contributed by atoms with Crippen molar-refractivity contribution in [2.24, 2.45) is 56.7 Å². The van der Waals surface area contributed by atoms with E-state index in [9.17, 15) is 9.90 Å². The van der Waals surface area contributed by atoms with Gasteiger partial charge in [-0.15, -0.1) is 0 Å². The van der Waals surface area contributed by atoms with Crippen molar-refractivity contribution in [1.29, 1.82) is 0 Å². The molecule has 5 rings (SSSR count). The van der Waals surface area contributed by atoms with E-state index in [0.29, 0.717) is 52.9 Å². The molecule has 0 bridgehead atoms. The molecule has 1 N–H and O–H groups in total. The lowest BCUT2D eigenvalue weighted by Crippen LogP contribution is -2.66. The van der Waals surface area contributed by atoms with Crippen molar-refractivity contribution in [3.8, 4) is 0 Å². The maximum absolute atomic E-state index is 13.2. The second-order valence-electron chi connectivity index (χ2n) is 20.8. The first-order valence-corrected chi connectivity index (χ1v) is 22.8. The minimum Gasteiger partial charge on any atom is -0.465 e. The summed E-state index contributed by atoms with van der Waals surface area (Å²) in [6.07, 6.45) is 32.8. The van der Waals surface area contributed by atoms with Crippen LogP contribution in [-0.2, 0) is 9.53 Å². The van der Waals surface area contributed by atoms with Gasteiger partial charge in [0.2, 0.25) is 0 Å². The molecule has 0 aromatic rings. The average Bonchev–Trinajstić information content (AvgIpc) is 3.48. The lowest BCUT2D eigenvalue weighted by Gasteiger charge is -2.73. The van der Waals surface area contributed by atoms with Gasteiger partial charge in [0.15, 0.2) is 0 Å². The zero-order chi connectivity index (χ0) is 36.9. The van der Waals surface area contributed by atoms with Gasteiger partial charge in [0.1, 0.15) is 0 Å². The Hall–Kier alpha value is -0.830. The molecule has 5 aliphatic carbocycles. The number of rotatable bonds is 19. The van der Waals surface area contributed by atoms with Crippen LogP contribution in [-0.4, -0.2) is 23.8 Å². The van der Waals surface area contributed by atoms with E-state index in [0.717, 1.165) is 25.2 Å². The van der Waals surface area contributed by atoms with Crippen LogP contribution in [0.3, 0.4) is 0 Å². The third-order valence-electron chi connectivity index (χ3n) is 17.7. The second kappa shape index (κ2) is 17.3. The summed E-state index contributed by atoms with van der Waals surface area (Å²) < 4.78 is 6.31. The molecular weight excluding hydrogens is 625 g/mol. The minimum atomic E-state index is -0.168. The molecular formula is C48H84O3. The number of fused-ring (bicyclic) bond motifs is 7. The Morgan fingerprint density at radius 3 is 1.84 bits per heavy atom. The quantitative estimate of drug-likeness (QED) is 0.0825. The van der Waals surface area contributed by atoms with Crippen LogP contribution in [0.25, 0.3) is 0 Å². The van der Waals surface area contributed by atoms with Crippen molar-refractivity contribution < 1.29 is 14.6 Å². The number of allylic oxidation sites excluding steroid dienone is 1. The smallest absolute Gasteiger partial charge is 0.305 e. The average molecular weight is 709 g/mol. The molecule has 0 amide bonds. The van der Waals surface area contributed by atoms with Gasteiger partial charge >= 0.3 is 5.97 Å². The van der Waals surface area contributed by atoms with Crippen LogP contribution < -0.4 is 0 Å². The maximum Gasteiger partial charge on any atom is 0.305 e. The third kappa shape index (κ3) is 8.25. The summed E-state index contributed by atoms with van der Waals surface area (Å²) in [5.74, 6) is 3.19. The van der Waals surface area contributed by atoms with Crippen molar-refractivity contribution in [3.05, 3.63) is 12.2 Å².